The average Bonchev–Trinajstić information content (AvgIpc) is 2.33. The van der Waals surface area contributed by atoms with Crippen LogP contribution in [-0.4, -0.2) is 45.8 Å². The van der Waals surface area contributed by atoms with E-state index < -0.39 is 10.8 Å². The van der Waals surface area contributed by atoms with Gasteiger partial charge in [-0.3, -0.25) is 4.21 Å². The first kappa shape index (κ1) is 12.3. The van der Waals surface area contributed by atoms with E-state index >= 15 is 0 Å². The Hall–Kier alpha value is -1.17. The van der Waals surface area contributed by atoms with Crippen molar-refractivity contribution in [2.24, 2.45) is 0 Å². The Kier molecular flexibility index (Phi) is 3.61. The van der Waals surface area contributed by atoms with Crippen molar-refractivity contribution in [2.45, 2.75) is 13.8 Å². The van der Waals surface area contributed by atoms with Crippen molar-refractivity contribution in [1.82, 2.24) is 9.97 Å². The summed E-state index contributed by atoms with van der Waals surface area (Å²) in [6.45, 7) is 5.54. The standard InChI is InChI=1S/C11H18N4OS/c1-8-10(12-3)13-9(2)14-11(8)15-4-6-17(16)7-5-15/h4-7H2,1-3H3,(H,12,13,14). The van der Waals surface area contributed by atoms with Crippen LogP contribution in [0, 0.1) is 13.8 Å². The lowest BCUT2D eigenvalue weighted by Gasteiger charge is -2.29. The second-order valence-corrected chi connectivity index (χ2v) is 5.85. The van der Waals surface area contributed by atoms with Gasteiger partial charge >= 0.3 is 0 Å². The Morgan fingerprint density at radius 1 is 1.24 bits per heavy atom. The Labute approximate surface area is 104 Å². The molecule has 1 aliphatic heterocycles. The van der Waals surface area contributed by atoms with Crippen LogP contribution in [0.3, 0.4) is 0 Å². The maximum Gasteiger partial charge on any atom is 0.137 e. The minimum Gasteiger partial charge on any atom is -0.373 e. The predicted octanol–water partition coefficient (Wildman–Crippen LogP) is 0.704. The first-order valence-corrected chi connectivity index (χ1v) is 7.23. The van der Waals surface area contributed by atoms with Crippen molar-refractivity contribution < 1.29 is 4.21 Å². The Bertz CT molecular complexity index is 439. The minimum absolute atomic E-state index is 0.654. The average molecular weight is 254 g/mol. The van der Waals surface area contributed by atoms with Gasteiger partial charge in [0.15, 0.2) is 0 Å². The first-order chi connectivity index (χ1) is 8.11. The first-order valence-electron chi connectivity index (χ1n) is 5.74. The minimum atomic E-state index is -0.654. The molecular weight excluding hydrogens is 236 g/mol. The van der Waals surface area contributed by atoms with E-state index in [0.717, 1.165) is 47.6 Å². The highest BCUT2D eigenvalue weighted by Gasteiger charge is 2.20. The molecule has 1 N–H and O–H groups in total. The largest absolute Gasteiger partial charge is 0.373 e. The van der Waals surface area contributed by atoms with E-state index in [2.05, 4.69) is 20.2 Å². The molecule has 0 atom stereocenters. The van der Waals surface area contributed by atoms with Gasteiger partial charge in [-0.15, -0.1) is 0 Å². The molecule has 1 aliphatic rings. The number of anilines is 2. The van der Waals surface area contributed by atoms with Crippen LogP contribution in [0.5, 0.6) is 0 Å². The van der Waals surface area contributed by atoms with Gasteiger partial charge in [-0.05, 0) is 13.8 Å². The van der Waals surface area contributed by atoms with Crippen LogP contribution in [0.15, 0.2) is 0 Å². The summed E-state index contributed by atoms with van der Waals surface area (Å²) < 4.78 is 11.4. The summed E-state index contributed by atoms with van der Waals surface area (Å²) >= 11 is 0. The highest BCUT2D eigenvalue weighted by atomic mass is 32.2. The summed E-state index contributed by atoms with van der Waals surface area (Å²) in [7, 11) is 1.21. The summed E-state index contributed by atoms with van der Waals surface area (Å²) in [5.41, 5.74) is 1.06. The summed E-state index contributed by atoms with van der Waals surface area (Å²) in [5, 5.41) is 3.09. The molecule has 0 amide bonds. The van der Waals surface area contributed by atoms with Gasteiger partial charge in [-0.1, -0.05) is 0 Å². The third kappa shape index (κ3) is 2.57. The van der Waals surface area contributed by atoms with Gasteiger partial charge in [-0.25, -0.2) is 9.97 Å². The van der Waals surface area contributed by atoms with Crippen LogP contribution >= 0.6 is 0 Å². The molecule has 94 valence electrons. The van der Waals surface area contributed by atoms with Gasteiger partial charge < -0.3 is 10.2 Å². The maximum atomic E-state index is 11.4. The topological polar surface area (TPSA) is 58.1 Å². The summed E-state index contributed by atoms with van der Waals surface area (Å²) in [5.74, 6) is 4.08. The molecule has 2 rings (SSSR count). The third-order valence-electron chi connectivity index (χ3n) is 2.95. The fraction of sp³-hybridized carbons (Fsp3) is 0.636. The molecule has 1 aromatic heterocycles. The number of aromatic nitrogens is 2. The summed E-state index contributed by atoms with van der Waals surface area (Å²) in [6.07, 6.45) is 0. The fourth-order valence-corrected chi connectivity index (χ4v) is 3.07. The van der Waals surface area contributed by atoms with Crippen LogP contribution in [0.25, 0.3) is 0 Å². The zero-order valence-electron chi connectivity index (χ0n) is 10.5. The molecule has 1 saturated heterocycles. The summed E-state index contributed by atoms with van der Waals surface area (Å²) in [4.78, 5) is 11.1. The van der Waals surface area contributed by atoms with Gasteiger partial charge in [0.2, 0.25) is 0 Å². The number of rotatable bonds is 2. The lowest BCUT2D eigenvalue weighted by atomic mass is 10.2. The molecule has 5 nitrogen and oxygen atoms in total. The van der Waals surface area contributed by atoms with Crippen LogP contribution in [-0.2, 0) is 10.8 Å². The van der Waals surface area contributed by atoms with Crippen LogP contribution < -0.4 is 10.2 Å². The molecule has 0 aliphatic carbocycles. The number of nitrogens with zero attached hydrogens (tertiary/aromatic N) is 3. The van der Waals surface area contributed by atoms with Gasteiger partial charge in [0.25, 0.3) is 0 Å². The molecule has 6 heteroatoms. The van der Waals surface area contributed by atoms with E-state index in [0.29, 0.717) is 0 Å². The number of hydrogen-bond acceptors (Lipinski definition) is 5. The Morgan fingerprint density at radius 2 is 1.88 bits per heavy atom. The quantitative estimate of drug-likeness (QED) is 0.842. The molecule has 0 unspecified atom stereocenters. The van der Waals surface area contributed by atoms with E-state index in [-0.39, 0.29) is 0 Å². The molecular formula is C11H18N4OS. The van der Waals surface area contributed by atoms with E-state index in [1.165, 1.54) is 0 Å². The zero-order chi connectivity index (χ0) is 12.4. The second kappa shape index (κ2) is 5.00. The molecule has 0 bridgehead atoms. The monoisotopic (exact) mass is 254 g/mol. The number of aryl methyl sites for hydroxylation is 1. The maximum absolute atomic E-state index is 11.4. The van der Waals surface area contributed by atoms with Crippen molar-refractivity contribution in [3.63, 3.8) is 0 Å². The van der Waals surface area contributed by atoms with E-state index in [1.54, 1.807) is 0 Å². The van der Waals surface area contributed by atoms with Gasteiger partial charge in [0.1, 0.15) is 17.5 Å². The lowest BCUT2D eigenvalue weighted by Crippen LogP contribution is -2.38. The Balaban J connectivity index is 2.31. The third-order valence-corrected chi connectivity index (χ3v) is 4.22. The number of hydrogen-bond donors (Lipinski definition) is 1. The van der Waals surface area contributed by atoms with Gasteiger partial charge in [0, 0.05) is 48.0 Å². The highest BCUT2D eigenvalue weighted by molar-refractivity contribution is 7.85. The molecule has 0 spiro atoms. The lowest BCUT2D eigenvalue weighted by molar-refractivity contribution is 0.672. The fourth-order valence-electron chi connectivity index (χ4n) is 2.01. The van der Waals surface area contributed by atoms with Crippen LogP contribution in [0.4, 0.5) is 11.6 Å². The molecule has 0 aromatic carbocycles. The molecule has 17 heavy (non-hydrogen) atoms. The highest BCUT2D eigenvalue weighted by Crippen LogP contribution is 2.24. The molecule has 1 aromatic rings. The van der Waals surface area contributed by atoms with Crippen molar-refractivity contribution >= 4 is 22.4 Å². The number of nitrogens with one attached hydrogen (secondary N) is 1. The molecule has 2 heterocycles. The smallest absolute Gasteiger partial charge is 0.137 e. The van der Waals surface area contributed by atoms with E-state index in [9.17, 15) is 4.21 Å². The second-order valence-electron chi connectivity index (χ2n) is 4.15. The van der Waals surface area contributed by atoms with Crippen molar-refractivity contribution in [3.8, 4) is 0 Å². The summed E-state index contributed by atoms with van der Waals surface area (Å²) in [6, 6.07) is 0. The predicted molar refractivity (Wildman–Crippen MR) is 71.1 cm³/mol. The van der Waals surface area contributed by atoms with Crippen LogP contribution in [0.1, 0.15) is 11.4 Å². The molecule has 1 fully saturated rings. The zero-order valence-corrected chi connectivity index (χ0v) is 11.3. The van der Waals surface area contributed by atoms with Crippen molar-refractivity contribution in [2.75, 3.05) is 41.9 Å². The van der Waals surface area contributed by atoms with Gasteiger partial charge in [0.05, 0.1) is 0 Å². The van der Waals surface area contributed by atoms with E-state index in [1.807, 2.05) is 20.9 Å². The molecule has 0 radical (unpaired) electrons. The van der Waals surface area contributed by atoms with Gasteiger partial charge in [-0.2, -0.15) is 0 Å². The molecule has 0 saturated carbocycles. The van der Waals surface area contributed by atoms with Crippen molar-refractivity contribution in [1.29, 1.82) is 0 Å². The SMILES string of the molecule is CNc1nc(C)nc(N2CCS(=O)CC2)c1C. The van der Waals surface area contributed by atoms with E-state index in [4.69, 9.17) is 0 Å². The normalized spacial score (nSPS) is 17.2. The van der Waals surface area contributed by atoms with Crippen LogP contribution in [0.2, 0.25) is 0 Å². The van der Waals surface area contributed by atoms with Crippen molar-refractivity contribution in [3.05, 3.63) is 11.4 Å². The Morgan fingerprint density at radius 3 is 2.47 bits per heavy atom.